The average molecular weight is 226 g/mol. The number of carbonyl (C=O) groups is 1. The third-order valence-electron chi connectivity index (χ3n) is 3.24. The summed E-state index contributed by atoms with van der Waals surface area (Å²) in [5.74, 6) is 0.291. The van der Waals surface area contributed by atoms with Crippen LogP contribution in [0.25, 0.3) is 0 Å². The molecule has 3 heteroatoms. The van der Waals surface area contributed by atoms with E-state index in [-0.39, 0.29) is 11.0 Å². The van der Waals surface area contributed by atoms with Crippen LogP contribution in [-0.4, -0.2) is 36.0 Å². The summed E-state index contributed by atoms with van der Waals surface area (Å²) in [5, 5.41) is 3.49. The Morgan fingerprint density at radius 2 is 1.94 bits per heavy atom. The molecule has 1 amide bonds. The molecule has 0 aliphatic carbocycles. The number of nitrogens with one attached hydrogen (secondary N) is 1. The maximum Gasteiger partial charge on any atom is 0.229 e. The second-order valence-corrected chi connectivity index (χ2v) is 6.20. The largest absolute Gasteiger partial charge is 0.340 e. The molecule has 1 fully saturated rings. The van der Waals surface area contributed by atoms with Gasteiger partial charge in [0, 0.05) is 25.2 Å². The van der Waals surface area contributed by atoms with Gasteiger partial charge in [0.15, 0.2) is 0 Å². The molecule has 0 unspecified atom stereocenters. The molecule has 1 heterocycles. The summed E-state index contributed by atoms with van der Waals surface area (Å²) in [6.45, 7) is 13.0. The van der Waals surface area contributed by atoms with Crippen LogP contribution in [0.15, 0.2) is 0 Å². The molecule has 16 heavy (non-hydrogen) atoms. The number of hydrogen-bond acceptors (Lipinski definition) is 2. The van der Waals surface area contributed by atoms with Gasteiger partial charge in [0.25, 0.3) is 0 Å². The molecule has 0 aromatic heterocycles. The fourth-order valence-electron chi connectivity index (χ4n) is 2.10. The number of carbonyl (C=O) groups excluding carboxylic acids is 1. The summed E-state index contributed by atoms with van der Waals surface area (Å²) >= 11 is 0. The van der Waals surface area contributed by atoms with Crippen molar-refractivity contribution in [3.8, 4) is 0 Å². The summed E-state index contributed by atoms with van der Waals surface area (Å²) in [6, 6.07) is 0. The molecule has 0 radical (unpaired) electrons. The monoisotopic (exact) mass is 226 g/mol. The first kappa shape index (κ1) is 13.5. The van der Waals surface area contributed by atoms with Crippen LogP contribution < -0.4 is 5.32 Å². The Hall–Kier alpha value is -0.570. The highest BCUT2D eigenvalue weighted by Gasteiger charge is 2.38. The molecule has 3 nitrogen and oxygen atoms in total. The van der Waals surface area contributed by atoms with Crippen molar-refractivity contribution in [3.05, 3.63) is 0 Å². The zero-order valence-electron chi connectivity index (χ0n) is 11.4. The molecule has 0 saturated carbocycles. The van der Waals surface area contributed by atoms with Gasteiger partial charge in [-0.25, -0.2) is 0 Å². The van der Waals surface area contributed by atoms with Gasteiger partial charge in [0.1, 0.15) is 0 Å². The molecule has 1 rings (SSSR count). The summed E-state index contributed by atoms with van der Waals surface area (Å²) in [5.41, 5.74) is -0.251. The van der Waals surface area contributed by atoms with E-state index >= 15 is 0 Å². The minimum atomic E-state index is -0.276. The van der Waals surface area contributed by atoms with E-state index in [0.717, 1.165) is 32.5 Å². The Balaban J connectivity index is 2.81. The summed E-state index contributed by atoms with van der Waals surface area (Å²) in [4.78, 5) is 14.4. The predicted molar refractivity (Wildman–Crippen MR) is 67.4 cm³/mol. The van der Waals surface area contributed by atoms with E-state index in [4.69, 9.17) is 0 Å². The van der Waals surface area contributed by atoms with Gasteiger partial charge in [-0.2, -0.15) is 0 Å². The van der Waals surface area contributed by atoms with E-state index in [1.165, 1.54) is 0 Å². The smallest absolute Gasteiger partial charge is 0.229 e. The van der Waals surface area contributed by atoms with Crippen LogP contribution >= 0.6 is 0 Å². The van der Waals surface area contributed by atoms with Crippen molar-refractivity contribution in [2.24, 2.45) is 5.41 Å². The average Bonchev–Trinajstić information content (AvgIpc) is 2.26. The minimum Gasteiger partial charge on any atom is -0.340 e. The number of rotatable bonds is 3. The second kappa shape index (κ2) is 4.74. The van der Waals surface area contributed by atoms with Crippen LogP contribution in [0, 0.1) is 5.41 Å². The first-order chi connectivity index (χ1) is 7.28. The molecule has 0 spiro atoms. The molecule has 1 N–H and O–H groups in total. The second-order valence-electron chi connectivity index (χ2n) is 6.20. The first-order valence-electron chi connectivity index (χ1n) is 6.33. The van der Waals surface area contributed by atoms with Crippen LogP contribution in [0.2, 0.25) is 0 Å². The molecular weight excluding hydrogens is 200 g/mol. The molecule has 1 saturated heterocycles. The predicted octanol–water partition coefficient (Wildman–Crippen LogP) is 2.02. The van der Waals surface area contributed by atoms with Crippen LogP contribution in [0.1, 0.15) is 47.5 Å². The van der Waals surface area contributed by atoms with Crippen molar-refractivity contribution < 1.29 is 4.79 Å². The van der Waals surface area contributed by atoms with Crippen LogP contribution in [0.4, 0.5) is 0 Å². The lowest BCUT2D eigenvalue weighted by Gasteiger charge is -2.31. The number of nitrogens with zero attached hydrogens (tertiary/aromatic N) is 1. The van der Waals surface area contributed by atoms with Gasteiger partial charge in [-0.1, -0.05) is 13.3 Å². The van der Waals surface area contributed by atoms with Crippen molar-refractivity contribution >= 4 is 5.91 Å². The van der Waals surface area contributed by atoms with Gasteiger partial charge in [0.2, 0.25) is 5.91 Å². The molecule has 0 aromatic rings. The fraction of sp³-hybridized carbons (Fsp3) is 0.923. The van der Waals surface area contributed by atoms with E-state index in [1.807, 2.05) is 18.7 Å². The molecule has 0 aromatic carbocycles. The Morgan fingerprint density at radius 1 is 1.31 bits per heavy atom. The Kier molecular flexibility index (Phi) is 4.00. The van der Waals surface area contributed by atoms with Crippen molar-refractivity contribution in [2.75, 3.05) is 19.6 Å². The van der Waals surface area contributed by atoms with Crippen molar-refractivity contribution in [1.29, 1.82) is 0 Å². The van der Waals surface area contributed by atoms with E-state index in [2.05, 4.69) is 26.1 Å². The van der Waals surface area contributed by atoms with Gasteiger partial charge in [-0.05, 0) is 34.1 Å². The lowest BCUT2D eigenvalue weighted by atomic mass is 9.92. The summed E-state index contributed by atoms with van der Waals surface area (Å²) < 4.78 is 0. The topological polar surface area (TPSA) is 32.3 Å². The fourth-order valence-corrected chi connectivity index (χ4v) is 2.10. The standard InChI is InChI=1S/C13H26N2O/c1-6-7-8-15-10-13(4,5)14-9-12(2,3)11(15)16/h14H,6-10H2,1-5H3. The van der Waals surface area contributed by atoms with Crippen LogP contribution in [-0.2, 0) is 4.79 Å². The van der Waals surface area contributed by atoms with Crippen molar-refractivity contribution in [2.45, 2.75) is 53.0 Å². The Morgan fingerprint density at radius 3 is 2.50 bits per heavy atom. The molecule has 1 aliphatic heterocycles. The molecule has 1 aliphatic rings. The highest BCUT2D eigenvalue weighted by atomic mass is 16.2. The third-order valence-corrected chi connectivity index (χ3v) is 3.24. The molecule has 94 valence electrons. The van der Waals surface area contributed by atoms with Gasteiger partial charge >= 0.3 is 0 Å². The number of unbranched alkanes of at least 4 members (excludes halogenated alkanes) is 1. The third kappa shape index (κ3) is 3.21. The van der Waals surface area contributed by atoms with Gasteiger partial charge < -0.3 is 10.2 Å². The number of hydrogen-bond donors (Lipinski definition) is 1. The summed E-state index contributed by atoms with van der Waals surface area (Å²) in [7, 11) is 0. The van der Waals surface area contributed by atoms with E-state index in [0.29, 0.717) is 5.91 Å². The summed E-state index contributed by atoms with van der Waals surface area (Å²) in [6.07, 6.45) is 2.23. The van der Waals surface area contributed by atoms with Gasteiger partial charge in [0.05, 0.1) is 5.41 Å². The zero-order valence-corrected chi connectivity index (χ0v) is 11.4. The Labute approximate surface area is 99.6 Å². The quantitative estimate of drug-likeness (QED) is 0.798. The van der Waals surface area contributed by atoms with E-state index in [1.54, 1.807) is 0 Å². The lowest BCUT2D eigenvalue weighted by molar-refractivity contribution is -0.139. The SMILES string of the molecule is CCCCN1CC(C)(C)NCC(C)(C)C1=O. The van der Waals surface area contributed by atoms with E-state index in [9.17, 15) is 4.79 Å². The zero-order chi connectivity index (χ0) is 12.4. The highest BCUT2D eigenvalue weighted by Crippen LogP contribution is 2.24. The highest BCUT2D eigenvalue weighted by molar-refractivity contribution is 5.82. The minimum absolute atomic E-state index is 0.0250. The molecular formula is C13H26N2O. The van der Waals surface area contributed by atoms with Crippen molar-refractivity contribution in [3.63, 3.8) is 0 Å². The molecule has 0 bridgehead atoms. The van der Waals surface area contributed by atoms with Crippen LogP contribution in [0.3, 0.4) is 0 Å². The van der Waals surface area contributed by atoms with E-state index < -0.39 is 0 Å². The normalized spacial score (nSPS) is 24.3. The Bertz CT molecular complexity index is 259. The van der Waals surface area contributed by atoms with Crippen LogP contribution in [0.5, 0.6) is 0 Å². The maximum absolute atomic E-state index is 12.3. The van der Waals surface area contributed by atoms with Gasteiger partial charge in [-0.3, -0.25) is 4.79 Å². The maximum atomic E-state index is 12.3. The molecule has 0 atom stereocenters. The lowest BCUT2D eigenvalue weighted by Crippen LogP contribution is -2.47. The number of amides is 1. The van der Waals surface area contributed by atoms with Gasteiger partial charge in [-0.15, -0.1) is 0 Å². The van der Waals surface area contributed by atoms with Crippen molar-refractivity contribution in [1.82, 2.24) is 10.2 Å². The first-order valence-corrected chi connectivity index (χ1v) is 6.33.